The fourth-order valence-electron chi connectivity index (χ4n) is 2.05. The third-order valence-electron chi connectivity index (χ3n) is 2.93. The average Bonchev–Trinajstić information content (AvgIpc) is 2.86. The molecule has 0 amide bonds. The first-order valence-electron chi connectivity index (χ1n) is 5.86. The Hall–Kier alpha value is -1.49. The number of aromatic nitrogens is 2. The van der Waals surface area contributed by atoms with Gasteiger partial charge in [-0.1, -0.05) is 29.8 Å². The molecule has 3 aromatic rings. The Morgan fingerprint density at radius 3 is 2.84 bits per heavy atom. The van der Waals surface area contributed by atoms with E-state index in [-0.39, 0.29) is 0 Å². The molecule has 0 aliphatic carbocycles. The van der Waals surface area contributed by atoms with Crippen LogP contribution in [0.15, 0.2) is 42.7 Å². The number of hydrogen-bond donors (Lipinski definition) is 1. The maximum atomic E-state index is 10.2. The molecule has 19 heavy (non-hydrogen) atoms. The number of aliphatic hydroxyl groups excluding tert-OH is 1. The van der Waals surface area contributed by atoms with Crippen molar-refractivity contribution >= 4 is 33.8 Å². The Bertz CT molecular complexity index is 708. The number of halogens is 1. The Labute approximate surface area is 119 Å². The molecular formula is C14H11ClN2OS. The highest BCUT2D eigenvalue weighted by atomic mass is 35.5. The number of hydrogen-bond acceptors (Lipinski definition) is 4. The smallest absolute Gasteiger partial charge is 0.123 e. The molecule has 1 N–H and O–H groups in total. The molecule has 5 heteroatoms. The minimum atomic E-state index is -0.636. The van der Waals surface area contributed by atoms with Gasteiger partial charge in [-0.2, -0.15) is 0 Å². The quantitative estimate of drug-likeness (QED) is 0.801. The van der Waals surface area contributed by atoms with Gasteiger partial charge in [0.15, 0.2) is 0 Å². The van der Waals surface area contributed by atoms with Crippen LogP contribution in [0.4, 0.5) is 0 Å². The van der Waals surface area contributed by atoms with Crippen molar-refractivity contribution in [2.45, 2.75) is 12.5 Å². The van der Waals surface area contributed by atoms with Crippen LogP contribution in [0.5, 0.6) is 0 Å². The average molecular weight is 291 g/mol. The van der Waals surface area contributed by atoms with Gasteiger partial charge in [-0.15, -0.1) is 11.3 Å². The summed E-state index contributed by atoms with van der Waals surface area (Å²) in [5.74, 6) is 0. The van der Waals surface area contributed by atoms with E-state index in [1.807, 2.05) is 30.3 Å². The van der Waals surface area contributed by atoms with Crippen LogP contribution >= 0.6 is 22.9 Å². The molecule has 96 valence electrons. The van der Waals surface area contributed by atoms with Crippen LogP contribution in [0.3, 0.4) is 0 Å². The molecule has 0 saturated heterocycles. The number of fused-ring (bicyclic) bond motifs is 1. The lowest BCUT2D eigenvalue weighted by molar-refractivity contribution is 0.178. The molecule has 0 saturated carbocycles. The molecule has 0 spiro atoms. The summed E-state index contributed by atoms with van der Waals surface area (Å²) in [5, 5.41) is 11.9. The zero-order valence-electron chi connectivity index (χ0n) is 9.95. The summed E-state index contributed by atoms with van der Waals surface area (Å²) in [6.45, 7) is 0. The van der Waals surface area contributed by atoms with Crippen molar-refractivity contribution in [3.63, 3.8) is 0 Å². The standard InChI is InChI=1S/C14H11ClN2OS/c15-13-8-17-14(19-13)12(18)7-9-5-6-16-11-4-2-1-3-10(9)11/h1-6,8,12,18H,7H2. The number of thiazole rings is 1. The van der Waals surface area contributed by atoms with Crippen LogP contribution in [-0.4, -0.2) is 15.1 Å². The van der Waals surface area contributed by atoms with Gasteiger partial charge in [0, 0.05) is 18.0 Å². The molecule has 0 aliphatic rings. The van der Waals surface area contributed by atoms with Crippen molar-refractivity contribution < 1.29 is 5.11 Å². The fourth-order valence-corrected chi connectivity index (χ4v) is 2.97. The zero-order chi connectivity index (χ0) is 13.2. The predicted octanol–water partition coefficient (Wildman–Crippen LogP) is 3.62. The van der Waals surface area contributed by atoms with E-state index < -0.39 is 6.10 Å². The van der Waals surface area contributed by atoms with Crippen molar-refractivity contribution in [3.05, 3.63) is 57.6 Å². The predicted molar refractivity (Wildman–Crippen MR) is 77.5 cm³/mol. The second-order valence-corrected chi connectivity index (χ2v) is 5.90. The summed E-state index contributed by atoms with van der Waals surface area (Å²) in [6.07, 6.45) is 3.20. The summed E-state index contributed by atoms with van der Waals surface area (Å²) in [5.41, 5.74) is 1.99. The van der Waals surface area contributed by atoms with E-state index in [4.69, 9.17) is 11.6 Å². The molecule has 1 unspecified atom stereocenters. The van der Waals surface area contributed by atoms with Crippen molar-refractivity contribution in [3.8, 4) is 0 Å². The third kappa shape index (κ3) is 2.61. The van der Waals surface area contributed by atoms with Crippen LogP contribution in [0.2, 0.25) is 4.34 Å². The fraction of sp³-hybridized carbons (Fsp3) is 0.143. The second-order valence-electron chi connectivity index (χ2n) is 4.21. The van der Waals surface area contributed by atoms with Gasteiger partial charge in [-0.25, -0.2) is 4.98 Å². The molecule has 0 radical (unpaired) electrons. The maximum absolute atomic E-state index is 10.2. The lowest BCUT2D eigenvalue weighted by Crippen LogP contribution is -2.02. The SMILES string of the molecule is OC(Cc1ccnc2ccccc12)c1ncc(Cl)s1. The first kappa shape index (κ1) is 12.5. The van der Waals surface area contributed by atoms with Gasteiger partial charge in [-0.05, 0) is 17.7 Å². The van der Waals surface area contributed by atoms with Gasteiger partial charge < -0.3 is 5.11 Å². The summed E-state index contributed by atoms with van der Waals surface area (Å²) in [4.78, 5) is 8.42. The number of rotatable bonds is 3. The molecule has 3 rings (SSSR count). The van der Waals surface area contributed by atoms with Gasteiger partial charge in [0.2, 0.25) is 0 Å². The zero-order valence-corrected chi connectivity index (χ0v) is 11.5. The first-order chi connectivity index (χ1) is 9.24. The Morgan fingerprint density at radius 1 is 1.21 bits per heavy atom. The number of pyridine rings is 1. The van der Waals surface area contributed by atoms with E-state index in [0.717, 1.165) is 16.5 Å². The topological polar surface area (TPSA) is 46.0 Å². The highest BCUT2D eigenvalue weighted by molar-refractivity contribution is 7.15. The van der Waals surface area contributed by atoms with Crippen LogP contribution in [-0.2, 0) is 6.42 Å². The molecule has 0 fully saturated rings. The van der Waals surface area contributed by atoms with Gasteiger partial charge in [-0.3, -0.25) is 4.98 Å². The number of nitrogens with zero attached hydrogens (tertiary/aromatic N) is 2. The molecular weight excluding hydrogens is 280 g/mol. The second kappa shape index (κ2) is 5.25. The van der Waals surface area contributed by atoms with Crippen LogP contribution in [0.1, 0.15) is 16.7 Å². The summed E-state index contributed by atoms with van der Waals surface area (Å²) >= 11 is 7.15. The normalized spacial score (nSPS) is 12.7. The largest absolute Gasteiger partial charge is 0.386 e. The van der Waals surface area contributed by atoms with E-state index >= 15 is 0 Å². The minimum absolute atomic E-state index is 0.507. The van der Waals surface area contributed by atoms with Crippen LogP contribution in [0.25, 0.3) is 10.9 Å². The maximum Gasteiger partial charge on any atom is 0.123 e. The molecule has 0 aliphatic heterocycles. The van der Waals surface area contributed by atoms with Crippen molar-refractivity contribution in [2.75, 3.05) is 0 Å². The lowest BCUT2D eigenvalue weighted by Gasteiger charge is -2.09. The summed E-state index contributed by atoms with van der Waals surface area (Å²) in [6, 6.07) is 9.84. The van der Waals surface area contributed by atoms with E-state index in [2.05, 4.69) is 9.97 Å². The number of benzene rings is 1. The molecule has 1 aromatic carbocycles. The monoisotopic (exact) mass is 290 g/mol. The van der Waals surface area contributed by atoms with Gasteiger partial charge in [0.05, 0.1) is 11.7 Å². The third-order valence-corrected chi connectivity index (χ3v) is 4.15. The first-order valence-corrected chi connectivity index (χ1v) is 7.05. The Balaban J connectivity index is 1.93. The van der Waals surface area contributed by atoms with Gasteiger partial charge >= 0.3 is 0 Å². The molecule has 1 atom stereocenters. The summed E-state index contributed by atoms with van der Waals surface area (Å²) < 4.78 is 0.591. The van der Waals surface area contributed by atoms with Crippen molar-refractivity contribution in [2.24, 2.45) is 0 Å². The van der Waals surface area contributed by atoms with E-state index in [9.17, 15) is 5.11 Å². The van der Waals surface area contributed by atoms with Gasteiger partial charge in [0.25, 0.3) is 0 Å². The van der Waals surface area contributed by atoms with Crippen LogP contribution in [0, 0.1) is 0 Å². The van der Waals surface area contributed by atoms with Gasteiger partial charge in [0.1, 0.15) is 15.4 Å². The summed E-state index contributed by atoms with van der Waals surface area (Å²) in [7, 11) is 0. The Morgan fingerprint density at radius 2 is 2.05 bits per heavy atom. The molecule has 0 bridgehead atoms. The molecule has 3 nitrogen and oxygen atoms in total. The van der Waals surface area contributed by atoms with E-state index in [0.29, 0.717) is 15.8 Å². The highest BCUT2D eigenvalue weighted by Crippen LogP contribution is 2.28. The molecule has 2 heterocycles. The number of aliphatic hydroxyl groups is 1. The number of para-hydroxylation sites is 1. The van der Waals surface area contributed by atoms with E-state index in [1.54, 1.807) is 12.4 Å². The lowest BCUT2D eigenvalue weighted by atomic mass is 10.0. The molecule has 2 aromatic heterocycles. The van der Waals surface area contributed by atoms with Crippen molar-refractivity contribution in [1.82, 2.24) is 9.97 Å². The van der Waals surface area contributed by atoms with E-state index in [1.165, 1.54) is 11.3 Å². The van der Waals surface area contributed by atoms with Crippen LogP contribution < -0.4 is 0 Å². The highest BCUT2D eigenvalue weighted by Gasteiger charge is 2.14. The Kier molecular flexibility index (Phi) is 3.46. The van der Waals surface area contributed by atoms with Crippen molar-refractivity contribution in [1.29, 1.82) is 0 Å². The minimum Gasteiger partial charge on any atom is -0.386 e.